The number of halogens is 2. The molecule has 74 valence electrons. The Bertz CT molecular complexity index is 383. The molecule has 1 heterocycles. The first-order chi connectivity index (χ1) is 6.66. The largest absolute Gasteiger partial charge is 0.468 e. The van der Waals surface area contributed by atoms with E-state index in [4.69, 9.17) is 17.0 Å². The molecule has 1 aromatic carbocycles. The Morgan fingerprint density at radius 2 is 2.14 bits per heavy atom. The third kappa shape index (κ3) is 1.68. The van der Waals surface area contributed by atoms with Crippen molar-refractivity contribution < 1.29 is 13.5 Å². The van der Waals surface area contributed by atoms with Crippen LogP contribution >= 0.6 is 12.2 Å². The second-order valence-electron chi connectivity index (χ2n) is 2.97. The number of rotatable bonds is 1. The Balaban J connectivity index is 2.24. The molecule has 1 unspecified atom stereocenters. The molecule has 0 radical (unpaired) electrons. The van der Waals surface area contributed by atoms with Gasteiger partial charge in [0.15, 0.2) is 11.6 Å². The van der Waals surface area contributed by atoms with Crippen LogP contribution in [0.2, 0.25) is 0 Å². The van der Waals surface area contributed by atoms with Gasteiger partial charge in [0, 0.05) is 0 Å². The van der Waals surface area contributed by atoms with Crippen LogP contribution < -0.4 is 5.32 Å². The second-order valence-corrected chi connectivity index (χ2v) is 3.34. The van der Waals surface area contributed by atoms with Crippen molar-refractivity contribution in [2.75, 3.05) is 6.61 Å². The van der Waals surface area contributed by atoms with Crippen LogP contribution in [-0.4, -0.2) is 11.8 Å². The number of hydrogen-bond donors (Lipinski definition) is 1. The number of hydrogen-bond acceptors (Lipinski definition) is 2. The molecule has 2 nitrogen and oxygen atoms in total. The minimum absolute atomic E-state index is 0.183. The fourth-order valence-corrected chi connectivity index (χ4v) is 1.50. The summed E-state index contributed by atoms with van der Waals surface area (Å²) in [5.41, 5.74) is 0.628. The van der Waals surface area contributed by atoms with Gasteiger partial charge in [0.05, 0.1) is 6.04 Å². The van der Waals surface area contributed by atoms with Crippen LogP contribution in [0.25, 0.3) is 0 Å². The summed E-state index contributed by atoms with van der Waals surface area (Å²) in [4.78, 5) is 0. The molecule has 0 aromatic heterocycles. The van der Waals surface area contributed by atoms with E-state index >= 15 is 0 Å². The summed E-state index contributed by atoms with van der Waals surface area (Å²) in [5, 5.41) is 3.13. The van der Waals surface area contributed by atoms with Gasteiger partial charge in [-0.3, -0.25) is 0 Å². The maximum atomic E-state index is 12.9. The molecule has 0 saturated carbocycles. The van der Waals surface area contributed by atoms with Gasteiger partial charge in [-0.1, -0.05) is 6.07 Å². The molecule has 1 saturated heterocycles. The van der Waals surface area contributed by atoms with E-state index in [2.05, 4.69) is 5.32 Å². The van der Waals surface area contributed by atoms with Crippen molar-refractivity contribution in [2.45, 2.75) is 6.04 Å². The molecule has 1 fully saturated rings. The molecule has 14 heavy (non-hydrogen) atoms. The van der Waals surface area contributed by atoms with E-state index in [1.165, 1.54) is 6.07 Å². The highest BCUT2D eigenvalue weighted by molar-refractivity contribution is 7.80. The van der Waals surface area contributed by atoms with Gasteiger partial charge in [-0.2, -0.15) is 0 Å². The van der Waals surface area contributed by atoms with E-state index in [1.807, 2.05) is 0 Å². The summed E-state index contributed by atoms with van der Waals surface area (Å²) in [7, 11) is 0. The highest BCUT2D eigenvalue weighted by Gasteiger charge is 2.21. The Morgan fingerprint density at radius 3 is 2.71 bits per heavy atom. The fraction of sp³-hybridized carbons (Fsp3) is 0.222. The standard InChI is InChI=1S/C9H7F2NOS/c10-6-2-1-5(3-7(6)11)8-4-13-9(14)12-8/h1-3,8H,4H2,(H,12,14). The Morgan fingerprint density at radius 1 is 1.36 bits per heavy atom. The third-order valence-corrected chi connectivity index (χ3v) is 2.25. The van der Waals surface area contributed by atoms with Gasteiger partial charge >= 0.3 is 0 Å². The van der Waals surface area contributed by atoms with Crippen molar-refractivity contribution in [3.63, 3.8) is 0 Å². The van der Waals surface area contributed by atoms with Crippen molar-refractivity contribution in [3.8, 4) is 0 Å². The van der Waals surface area contributed by atoms with E-state index in [-0.39, 0.29) is 6.04 Å². The molecule has 0 bridgehead atoms. The van der Waals surface area contributed by atoms with Gasteiger partial charge < -0.3 is 10.1 Å². The Hall–Kier alpha value is -1.23. The van der Waals surface area contributed by atoms with Crippen LogP contribution in [0.5, 0.6) is 0 Å². The predicted molar refractivity (Wildman–Crippen MR) is 50.8 cm³/mol. The van der Waals surface area contributed by atoms with Gasteiger partial charge in [-0.25, -0.2) is 8.78 Å². The van der Waals surface area contributed by atoms with Crippen LogP contribution in [0, 0.1) is 11.6 Å². The zero-order chi connectivity index (χ0) is 10.1. The quantitative estimate of drug-likeness (QED) is 0.723. The van der Waals surface area contributed by atoms with Gasteiger partial charge in [-0.05, 0) is 29.9 Å². The van der Waals surface area contributed by atoms with Crippen molar-refractivity contribution in [3.05, 3.63) is 35.4 Å². The van der Waals surface area contributed by atoms with E-state index in [1.54, 1.807) is 0 Å². The highest BCUT2D eigenvalue weighted by Crippen LogP contribution is 2.20. The molecule has 1 N–H and O–H groups in total. The predicted octanol–water partition coefficient (Wildman–Crippen LogP) is 1.91. The molecule has 2 rings (SSSR count). The summed E-state index contributed by atoms with van der Waals surface area (Å²) >= 11 is 4.75. The van der Waals surface area contributed by atoms with E-state index in [9.17, 15) is 8.78 Å². The maximum Gasteiger partial charge on any atom is 0.257 e. The molecular formula is C9H7F2NOS. The minimum Gasteiger partial charge on any atom is -0.468 e. The smallest absolute Gasteiger partial charge is 0.257 e. The lowest BCUT2D eigenvalue weighted by Crippen LogP contribution is -2.18. The van der Waals surface area contributed by atoms with Crippen LogP contribution in [-0.2, 0) is 4.74 Å². The molecule has 1 aliphatic rings. The SMILES string of the molecule is Fc1ccc(C2COC(=S)N2)cc1F. The lowest BCUT2D eigenvalue weighted by Gasteiger charge is -2.07. The summed E-state index contributed by atoms with van der Waals surface area (Å²) in [6.07, 6.45) is 0. The van der Waals surface area contributed by atoms with Gasteiger partial charge in [0.1, 0.15) is 6.61 Å². The normalized spacial score (nSPS) is 20.4. The molecule has 0 amide bonds. The zero-order valence-electron chi connectivity index (χ0n) is 7.09. The molecule has 0 aliphatic carbocycles. The summed E-state index contributed by atoms with van der Waals surface area (Å²) < 4.78 is 30.5. The second kappa shape index (κ2) is 3.49. The van der Waals surface area contributed by atoms with E-state index < -0.39 is 11.6 Å². The van der Waals surface area contributed by atoms with Gasteiger partial charge in [0.2, 0.25) is 0 Å². The number of benzene rings is 1. The van der Waals surface area contributed by atoms with Crippen molar-refractivity contribution in [2.24, 2.45) is 0 Å². The third-order valence-electron chi connectivity index (χ3n) is 2.02. The van der Waals surface area contributed by atoms with Crippen molar-refractivity contribution in [1.29, 1.82) is 0 Å². The highest BCUT2D eigenvalue weighted by atomic mass is 32.1. The van der Waals surface area contributed by atoms with Crippen molar-refractivity contribution >= 4 is 17.4 Å². The Labute approximate surface area is 84.9 Å². The molecule has 1 aromatic rings. The number of thiocarbonyl (C=S) groups is 1. The van der Waals surface area contributed by atoms with Crippen molar-refractivity contribution in [1.82, 2.24) is 5.32 Å². The zero-order valence-corrected chi connectivity index (χ0v) is 7.91. The molecule has 1 atom stereocenters. The van der Waals surface area contributed by atoms with Gasteiger partial charge in [0.25, 0.3) is 5.17 Å². The summed E-state index contributed by atoms with van der Waals surface area (Å²) in [6, 6.07) is 3.56. The Kier molecular flexibility index (Phi) is 2.33. The van der Waals surface area contributed by atoms with E-state index in [0.717, 1.165) is 12.1 Å². The first-order valence-electron chi connectivity index (χ1n) is 4.05. The number of nitrogens with one attached hydrogen (secondary N) is 1. The molecule has 5 heteroatoms. The van der Waals surface area contributed by atoms with Crippen LogP contribution in [0.3, 0.4) is 0 Å². The van der Waals surface area contributed by atoms with E-state index in [0.29, 0.717) is 17.3 Å². The van der Waals surface area contributed by atoms with Crippen LogP contribution in [0.15, 0.2) is 18.2 Å². The average Bonchev–Trinajstić information content (AvgIpc) is 2.57. The number of ether oxygens (including phenoxy) is 1. The van der Waals surface area contributed by atoms with Crippen LogP contribution in [0.4, 0.5) is 8.78 Å². The van der Waals surface area contributed by atoms with Gasteiger partial charge in [-0.15, -0.1) is 0 Å². The maximum absolute atomic E-state index is 12.9. The first kappa shape index (κ1) is 9.33. The molecule has 0 spiro atoms. The first-order valence-corrected chi connectivity index (χ1v) is 4.46. The fourth-order valence-electron chi connectivity index (χ4n) is 1.29. The summed E-state index contributed by atoms with van der Waals surface area (Å²) in [6.45, 7) is 0.351. The van der Waals surface area contributed by atoms with Crippen LogP contribution in [0.1, 0.15) is 11.6 Å². The molecular weight excluding hydrogens is 208 g/mol. The minimum atomic E-state index is -0.859. The molecule has 1 aliphatic heterocycles. The topological polar surface area (TPSA) is 21.3 Å². The lowest BCUT2D eigenvalue weighted by atomic mass is 10.1. The monoisotopic (exact) mass is 215 g/mol. The summed E-state index contributed by atoms with van der Waals surface area (Å²) in [5.74, 6) is -1.71. The lowest BCUT2D eigenvalue weighted by molar-refractivity contribution is 0.333. The average molecular weight is 215 g/mol.